The van der Waals surface area contributed by atoms with Crippen LogP contribution < -0.4 is 10.1 Å². The van der Waals surface area contributed by atoms with Gasteiger partial charge in [-0.05, 0) is 25.5 Å². The number of amides is 1. The summed E-state index contributed by atoms with van der Waals surface area (Å²) in [7, 11) is 0. The van der Waals surface area contributed by atoms with E-state index in [1.807, 2.05) is 6.92 Å². The Morgan fingerprint density at radius 1 is 1.56 bits per heavy atom. The third-order valence-corrected chi connectivity index (χ3v) is 2.36. The molecule has 0 aliphatic rings. The van der Waals surface area contributed by atoms with Crippen LogP contribution in [-0.4, -0.2) is 24.2 Å². The first-order valence-corrected chi connectivity index (χ1v) is 5.91. The summed E-state index contributed by atoms with van der Waals surface area (Å²) in [4.78, 5) is 11.3. The molecule has 18 heavy (non-hydrogen) atoms. The van der Waals surface area contributed by atoms with E-state index in [9.17, 15) is 14.3 Å². The van der Waals surface area contributed by atoms with Gasteiger partial charge < -0.3 is 15.2 Å². The summed E-state index contributed by atoms with van der Waals surface area (Å²) in [5.74, 6) is -0.544. The molecule has 0 aromatic heterocycles. The molecule has 0 unspecified atom stereocenters. The lowest BCUT2D eigenvalue weighted by Gasteiger charge is -2.13. The minimum absolute atomic E-state index is 0.191. The Morgan fingerprint density at radius 3 is 2.89 bits per heavy atom. The molecule has 0 heterocycles. The number of hydrogen-bond donors (Lipinski definition) is 2. The third kappa shape index (κ3) is 4.33. The summed E-state index contributed by atoms with van der Waals surface area (Å²) in [6.45, 7) is 3.88. The van der Waals surface area contributed by atoms with Gasteiger partial charge in [0.05, 0.1) is 6.10 Å². The molecule has 0 spiro atoms. The zero-order valence-corrected chi connectivity index (χ0v) is 10.6. The van der Waals surface area contributed by atoms with Crippen molar-refractivity contribution in [1.82, 2.24) is 5.32 Å². The Bertz CT molecular complexity index is 407. The first-order valence-electron chi connectivity index (χ1n) is 5.91. The minimum atomic E-state index is -0.778. The summed E-state index contributed by atoms with van der Waals surface area (Å²) in [5.41, 5.74) is 0.458. The van der Waals surface area contributed by atoms with Crippen LogP contribution in [0.4, 0.5) is 4.39 Å². The number of benzene rings is 1. The van der Waals surface area contributed by atoms with E-state index in [0.717, 1.165) is 12.5 Å². The molecular weight excluding hydrogens is 237 g/mol. The van der Waals surface area contributed by atoms with E-state index in [0.29, 0.717) is 12.1 Å². The SMILES string of the molecule is CCCNC(=O)COc1cc(F)ccc1[C@H](C)O. The van der Waals surface area contributed by atoms with Crippen molar-refractivity contribution in [3.8, 4) is 5.75 Å². The van der Waals surface area contributed by atoms with E-state index < -0.39 is 11.9 Å². The Balaban J connectivity index is 2.65. The molecule has 0 aliphatic heterocycles. The smallest absolute Gasteiger partial charge is 0.257 e. The molecule has 0 bridgehead atoms. The van der Waals surface area contributed by atoms with Gasteiger partial charge in [-0.25, -0.2) is 4.39 Å². The van der Waals surface area contributed by atoms with Gasteiger partial charge in [0, 0.05) is 18.2 Å². The summed E-state index contributed by atoms with van der Waals surface area (Å²) in [5, 5.41) is 12.1. The fraction of sp³-hybridized carbons (Fsp3) is 0.462. The van der Waals surface area contributed by atoms with Crippen molar-refractivity contribution in [2.45, 2.75) is 26.4 Å². The van der Waals surface area contributed by atoms with Gasteiger partial charge in [0.25, 0.3) is 5.91 Å². The topological polar surface area (TPSA) is 58.6 Å². The lowest BCUT2D eigenvalue weighted by Crippen LogP contribution is -2.29. The Hall–Kier alpha value is -1.62. The Morgan fingerprint density at radius 2 is 2.28 bits per heavy atom. The number of aliphatic hydroxyl groups excluding tert-OH is 1. The standard InChI is InChI=1S/C13H18FNO3/c1-3-6-15-13(17)8-18-12-7-10(14)4-5-11(12)9(2)16/h4-5,7,9,16H,3,6,8H2,1-2H3,(H,15,17)/t9-/m0/s1. The monoisotopic (exact) mass is 255 g/mol. The summed E-state index contributed by atoms with van der Waals surface area (Å²) < 4.78 is 18.3. The van der Waals surface area contributed by atoms with Crippen molar-refractivity contribution < 1.29 is 19.0 Å². The van der Waals surface area contributed by atoms with E-state index in [4.69, 9.17) is 4.74 Å². The van der Waals surface area contributed by atoms with Gasteiger partial charge >= 0.3 is 0 Å². The normalized spacial score (nSPS) is 12.0. The van der Waals surface area contributed by atoms with Crippen LogP contribution in [0.1, 0.15) is 31.9 Å². The number of hydrogen-bond acceptors (Lipinski definition) is 3. The fourth-order valence-electron chi connectivity index (χ4n) is 1.44. The van der Waals surface area contributed by atoms with Gasteiger partial charge in [-0.1, -0.05) is 6.92 Å². The lowest BCUT2D eigenvalue weighted by atomic mass is 10.1. The van der Waals surface area contributed by atoms with E-state index in [1.165, 1.54) is 12.1 Å². The highest BCUT2D eigenvalue weighted by Crippen LogP contribution is 2.25. The average Bonchev–Trinajstić information content (AvgIpc) is 2.33. The number of aliphatic hydroxyl groups is 1. The summed E-state index contributed by atoms with van der Waals surface area (Å²) in [6, 6.07) is 3.85. The maximum absolute atomic E-state index is 13.1. The van der Waals surface area contributed by atoms with Crippen molar-refractivity contribution in [1.29, 1.82) is 0 Å². The molecule has 100 valence electrons. The first-order chi connectivity index (χ1) is 8.54. The van der Waals surface area contributed by atoms with Crippen LogP contribution >= 0.6 is 0 Å². The van der Waals surface area contributed by atoms with Crippen LogP contribution in [0.5, 0.6) is 5.75 Å². The number of halogens is 1. The molecule has 2 N–H and O–H groups in total. The molecule has 4 nitrogen and oxygen atoms in total. The van der Waals surface area contributed by atoms with E-state index in [-0.39, 0.29) is 18.3 Å². The van der Waals surface area contributed by atoms with Crippen molar-refractivity contribution in [3.63, 3.8) is 0 Å². The van der Waals surface area contributed by atoms with Crippen LogP contribution in [0.15, 0.2) is 18.2 Å². The molecule has 0 fully saturated rings. The predicted molar refractivity (Wildman–Crippen MR) is 65.8 cm³/mol. The molecule has 1 rings (SSSR count). The fourth-order valence-corrected chi connectivity index (χ4v) is 1.44. The van der Waals surface area contributed by atoms with Crippen molar-refractivity contribution in [2.24, 2.45) is 0 Å². The number of nitrogens with one attached hydrogen (secondary N) is 1. The molecular formula is C13H18FNO3. The highest BCUT2D eigenvalue weighted by atomic mass is 19.1. The van der Waals surface area contributed by atoms with Crippen LogP contribution in [0, 0.1) is 5.82 Å². The lowest BCUT2D eigenvalue weighted by molar-refractivity contribution is -0.123. The predicted octanol–water partition coefficient (Wildman–Crippen LogP) is 1.78. The summed E-state index contributed by atoms with van der Waals surface area (Å²) >= 11 is 0. The molecule has 1 atom stereocenters. The maximum Gasteiger partial charge on any atom is 0.257 e. The van der Waals surface area contributed by atoms with E-state index in [2.05, 4.69) is 5.32 Å². The third-order valence-electron chi connectivity index (χ3n) is 2.36. The molecule has 0 radical (unpaired) electrons. The van der Waals surface area contributed by atoms with E-state index in [1.54, 1.807) is 6.92 Å². The average molecular weight is 255 g/mol. The van der Waals surface area contributed by atoms with Gasteiger partial charge in [0.15, 0.2) is 6.61 Å². The second kappa shape index (κ2) is 6.96. The van der Waals surface area contributed by atoms with Crippen molar-refractivity contribution in [2.75, 3.05) is 13.2 Å². The van der Waals surface area contributed by atoms with Crippen LogP contribution in [0.25, 0.3) is 0 Å². The van der Waals surface area contributed by atoms with Crippen LogP contribution in [0.3, 0.4) is 0 Å². The molecule has 1 aromatic carbocycles. The van der Waals surface area contributed by atoms with Gasteiger partial charge in [-0.3, -0.25) is 4.79 Å². The Kier molecular flexibility index (Phi) is 5.58. The van der Waals surface area contributed by atoms with Crippen LogP contribution in [-0.2, 0) is 4.79 Å². The quantitative estimate of drug-likeness (QED) is 0.814. The van der Waals surface area contributed by atoms with Gasteiger partial charge in [-0.2, -0.15) is 0 Å². The minimum Gasteiger partial charge on any atom is -0.483 e. The molecule has 0 saturated heterocycles. The number of ether oxygens (including phenoxy) is 1. The second-order valence-electron chi connectivity index (χ2n) is 4.00. The molecule has 1 aromatic rings. The molecule has 5 heteroatoms. The first kappa shape index (κ1) is 14.4. The molecule has 1 amide bonds. The van der Waals surface area contributed by atoms with E-state index >= 15 is 0 Å². The Labute approximate surface area is 106 Å². The van der Waals surface area contributed by atoms with Crippen molar-refractivity contribution in [3.05, 3.63) is 29.6 Å². The maximum atomic E-state index is 13.1. The highest BCUT2D eigenvalue weighted by Gasteiger charge is 2.11. The van der Waals surface area contributed by atoms with Gasteiger partial charge in [0.1, 0.15) is 11.6 Å². The highest BCUT2D eigenvalue weighted by molar-refractivity contribution is 5.77. The zero-order chi connectivity index (χ0) is 13.5. The molecule has 0 saturated carbocycles. The van der Waals surface area contributed by atoms with Gasteiger partial charge in [-0.15, -0.1) is 0 Å². The van der Waals surface area contributed by atoms with Crippen molar-refractivity contribution >= 4 is 5.91 Å². The molecule has 0 aliphatic carbocycles. The number of rotatable bonds is 6. The number of carbonyl (C=O) groups is 1. The second-order valence-corrected chi connectivity index (χ2v) is 4.00. The van der Waals surface area contributed by atoms with Crippen LogP contribution in [0.2, 0.25) is 0 Å². The number of carbonyl (C=O) groups excluding carboxylic acids is 1. The summed E-state index contributed by atoms with van der Waals surface area (Å²) in [6.07, 6.45) is 0.0595. The largest absolute Gasteiger partial charge is 0.483 e. The zero-order valence-electron chi connectivity index (χ0n) is 10.6. The van der Waals surface area contributed by atoms with Gasteiger partial charge in [0.2, 0.25) is 0 Å².